The number of thioether (sulfide) groups is 1. The van der Waals surface area contributed by atoms with E-state index >= 15 is 0 Å². The smallest absolute Gasteiger partial charge is 0.269 e. The fraction of sp³-hybridized carbons (Fsp3) is 0.111. The van der Waals surface area contributed by atoms with Crippen LogP contribution in [-0.2, 0) is 11.8 Å². The number of amides is 2. The molecule has 2 amide bonds. The number of rotatable bonds is 6. The van der Waals surface area contributed by atoms with Crippen molar-refractivity contribution in [3.63, 3.8) is 0 Å². The molecule has 2 aromatic carbocycles. The number of benzene rings is 2. The van der Waals surface area contributed by atoms with Crippen LogP contribution in [0.15, 0.2) is 53.7 Å². The fourth-order valence-corrected chi connectivity index (χ4v) is 3.23. The second kappa shape index (κ2) is 9.37. The van der Waals surface area contributed by atoms with Gasteiger partial charge in [-0.25, -0.2) is 0 Å². The summed E-state index contributed by atoms with van der Waals surface area (Å²) in [5.74, 6) is -0.424. The maximum absolute atomic E-state index is 12.0. The lowest BCUT2D eigenvalue weighted by Crippen LogP contribution is -2.42. The summed E-state index contributed by atoms with van der Waals surface area (Å²) >= 11 is 7.04. The predicted octanol–water partition coefficient (Wildman–Crippen LogP) is 2.60. The molecule has 0 aliphatic heterocycles. The normalized spacial score (nSPS) is 10.5. The van der Waals surface area contributed by atoms with Gasteiger partial charge in [0.05, 0.1) is 10.7 Å². The molecule has 30 heavy (non-hydrogen) atoms. The molecule has 0 bridgehead atoms. The SMILES string of the molecule is Cn1c(SCC(=O)NNC(=O)c2ccc([N+](=O)[O-])cc2)nnc1-c1ccc(Cl)cc1. The van der Waals surface area contributed by atoms with Crippen LogP contribution in [0.25, 0.3) is 11.4 Å². The first kappa shape index (κ1) is 21.3. The van der Waals surface area contributed by atoms with Gasteiger partial charge in [0.25, 0.3) is 11.6 Å². The van der Waals surface area contributed by atoms with E-state index < -0.39 is 16.7 Å². The third kappa shape index (κ3) is 5.13. The number of hydrazine groups is 1. The molecule has 0 unspecified atom stereocenters. The second-order valence-corrected chi connectivity index (χ2v) is 7.35. The average Bonchev–Trinajstić information content (AvgIpc) is 3.11. The molecule has 0 saturated heterocycles. The Kier molecular flexibility index (Phi) is 6.65. The van der Waals surface area contributed by atoms with Gasteiger partial charge in [0.15, 0.2) is 11.0 Å². The summed E-state index contributed by atoms with van der Waals surface area (Å²) in [4.78, 5) is 34.1. The summed E-state index contributed by atoms with van der Waals surface area (Å²) in [6.07, 6.45) is 0. The number of nitro groups is 1. The zero-order valence-electron chi connectivity index (χ0n) is 15.5. The van der Waals surface area contributed by atoms with Gasteiger partial charge < -0.3 is 4.57 Å². The van der Waals surface area contributed by atoms with Crippen LogP contribution < -0.4 is 10.9 Å². The lowest BCUT2D eigenvalue weighted by Gasteiger charge is -2.07. The van der Waals surface area contributed by atoms with E-state index in [9.17, 15) is 19.7 Å². The van der Waals surface area contributed by atoms with Crippen molar-refractivity contribution < 1.29 is 14.5 Å². The Morgan fingerprint density at radius 1 is 1.10 bits per heavy atom. The molecule has 0 saturated carbocycles. The molecule has 3 aromatic rings. The number of nitrogens with one attached hydrogen (secondary N) is 2. The number of carbonyl (C=O) groups is 2. The number of hydrogen-bond donors (Lipinski definition) is 2. The van der Waals surface area contributed by atoms with Crippen molar-refractivity contribution in [1.29, 1.82) is 0 Å². The highest BCUT2D eigenvalue weighted by atomic mass is 35.5. The first-order valence-corrected chi connectivity index (χ1v) is 9.83. The molecular weight excluding hydrogens is 432 g/mol. The highest BCUT2D eigenvalue weighted by Gasteiger charge is 2.14. The number of carbonyl (C=O) groups excluding carboxylic acids is 2. The van der Waals surface area contributed by atoms with Gasteiger partial charge >= 0.3 is 0 Å². The van der Waals surface area contributed by atoms with Crippen LogP contribution in [0, 0.1) is 10.1 Å². The summed E-state index contributed by atoms with van der Waals surface area (Å²) in [5, 5.41) is 20.0. The van der Waals surface area contributed by atoms with E-state index in [1.165, 1.54) is 24.3 Å². The molecule has 10 nitrogen and oxygen atoms in total. The highest BCUT2D eigenvalue weighted by molar-refractivity contribution is 7.99. The molecule has 0 fully saturated rings. The minimum atomic E-state index is -0.591. The molecule has 0 aliphatic carbocycles. The van der Waals surface area contributed by atoms with Gasteiger partial charge in [-0.05, 0) is 36.4 Å². The van der Waals surface area contributed by atoms with Gasteiger partial charge in [-0.15, -0.1) is 10.2 Å². The molecule has 0 spiro atoms. The Morgan fingerprint density at radius 2 is 1.77 bits per heavy atom. The summed E-state index contributed by atoms with van der Waals surface area (Å²) in [6, 6.07) is 12.2. The van der Waals surface area contributed by atoms with Gasteiger partial charge in [-0.1, -0.05) is 23.4 Å². The Balaban J connectivity index is 1.52. The summed E-state index contributed by atoms with van der Waals surface area (Å²) in [6.45, 7) is 0. The van der Waals surface area contributed by atoms with Gasteiger partial charge in [0.2, 0.25) is 5.91 Å². The van der Waals surface area contributed by atoms with E-state index in [4.69, 9.17) is 11.6 Å². The first-order valence-electron chi connectivity index (χ1n) is 8.47. The Labute approximate surface area is 179 Å². The molecule has 12 heteroatoms. The zero-order chi connectivity index (χ0) is 21.7. The molecule has 0 radical (unpaired) electrons. The lowest BCUT2D eigenvalue weighted by molar-refractivity contribution is -0.384. The number of halogens is 1. The topological polar surface area (TPSA) is 132 Å². The van der Waals surface area contributed by atoms with Gasteiger partial charge in [0.1, 0.15) is 0 Å². The van der Waals surface area contributed by atoms with Crippen LogP contribution in [0.2, 0.25) is 5.02 Å². The first-order chi connectivity index (χ1) is 14.3. The minimum Gasteiger partial charge on any atom is -0.305 e. The Morgan fingerprint density at radius 3 is 2.40 bits per heavy atom. The predicted molar refractivity (Wildman–Crippen MR) is 111 cm³/mol. The largest absolute Gasteiger partial charge is 0.305 e. The van der Waals surface area contributed by atoms with Crippen molar-refractivity contribution >= 4 is 40.9 Å². The van der Waals surface area contributed by atoms with E-state index in [0.29, 0.717) is 16.0 Å². The molecule has 3 rings (SSSR count). The third-order valence-electron chi connectivity index (χ3n) is 3.93. The summed E-state index contributed by atoms with van der Waals surface area (Å²) in [7, 11) is 1.78. The number of nitro benzene ring substituents is 1. The maximum atomic E-state index is 12.0. The van der Waals surface area contributed by atoms with E-state index in [2.05, 4.69) is 21.0 Å². The van der Waals surface area contributed by atoms with Gasteiger partial charge in [0, 0.05) is 35.3 Å². The van der Waals surface area contributed by atoms with E-state index in [0.717, 1.165) is 17.3 Å². The van der Waals surface area contributed by atoms with Crippen molar-refractivity contribution in [2.24, 2.45) is 7.05 Å². The summed E-state index contributed by atoms with van der Waals surface area (Å²) in [5.41, 5.74) is 5.42. The van der Waals surface area contributed by atoms with Crippen molar-refractivity contribution in [2.45, 2.75) is 5.16 Å². The average molecular weight is 447 g/mol. The van der Waals surface area contributed by atoms with Crippen LogP contribution >= 0.6 is 23.4 Å². The molecule has 0 atom stereocenters. The van der Waals surface area contributed by atoms with Gasteiger partial charge in [-0.3, -0.25) is 30.6 Å². The van der Waals surface area contributed by atoms with Crippen molar-refractivity contribution in [3.8, 4) is 11.4 Å². The monoisotopic (exact) mass is 446 g/mol. The van der Waals surface area contributed by atoms with Crippen LogP contribution in [0.4, 0.5) is 5.69 Å². The van der Waals surface area contributed by atoms with Crippen LogP contribution in [0.3, 0.4) is 0 Å². The zero-order valence-corrected chi connectivity index (χ0v) is 17.1. The Hall–Kier alpha value is -3.44. The standard InChI is InChI=1S/C18H15ClN6O4S/c1-24-16(11-2-6-13(19)7-3-11)21-23-18(24)30-10-15(26)20-22-17(27)12-4-8-14(9-5-12)25(28)29/h2-9H,10H2,1H3,(H,20,26)(H,22,27). The van der Waals surface area contributed by atoms with Crippen molar-refractivity contribution in [2.75, 3.05) is 5.75 Å². The van der Waals surface area contributed by atoms with Gasteiger partial charge in [-0.2, -0.15) is 0 Å². The molecule has 2 N–H and O–H groups in total. The van der Waals surface area contributed by atoms with Crippen LogP contribution in [0.5, 0.6) is 0 Å². The quantitative estimate of drug-likeness (QED) is 0.338. The maximum Gasteiger partial charge on any atom is 0.269 e. The van der Waals surface area contributed by atoms with Crippen LogP contribution in [-0.4, -0.2) is 37.3 Å². The number of hydrogen-bond acceptors (Lipinski definition) is 7. The molecule has 0 aliphatic rings. The van der Waals surface area contributed by atoms with Crippen molar-refractivity contribution in [1.82, 2.24) is 25.6 Å². The number of non-ortho nitro benzene ring substituents is 1. The number of aromatic nitrogens is 3. The highest BCUT2D eigenvalue weighted by Crippen LogP contribution is 2.23. The van der Waals surface area contributed by atoms with Crippen LogP contribution in [0.1, 0.15) is 10.4 Å². The molecule has 154 valence electrons. The number of nitrogens with zero attached hydrogens (tertiary/aromatic N) is 4. The molecular formula is C18H15ClN6O4S. The second-order valence-electron chi connectivity index (χ2n) is 5.97. The Bertz CT molecular complexity index is 1090. The fourth-order valence-electron chi connectivity index (χ4n) is 2.39. The lowest BCUT2D eigenvalue weighted by atomic mass is 10.2. The third-order valence-corrected chi connectivity index (χ3v) is 5.20. The molecule has 1 aromatic heterocycles. The minimum absolute atomic E-state index is 0.00681. The van der Waals surface area contributed by atoms with E-state index in [1.807, 2.05) is 12.1 Å². The van der Waals surface area contributed by atoms with Crippen molar-refractivity contribution in [3.05, 3.63) is 69.2 Å². The van der Waals surface area contributed by atoms with E-state index in [-0.39, 0.29) is 17.0 Å². The van der Waals surface area contributed by atoms with E-state index in [1.54, 1.807) is 23.7 Å². The summed E-state index contributed by atoms with van der Waals surface area (Å²) < 4.78 is 1.75. The molecule has 1 heterocycles.